The van der Waals surface area contributed by atoms with E-state index < -0.39 is 47.0 Å². The molecule has 1 unspecified atom stereocenters. The van der Waals surface area contributed by atoms with Gasteiger partial charge >= 0.3 is 0 Å². The lowest BCUT2D eigenvalue weighted by atomic mass is 10.1. The van der Waals surface area contributed by atoms with Crippen LogP contribution in [-0.2, 0) is 13.0 Å². The third kappa shape index (κ3) is 3.16. The lowest BCUT2D eigenvalue weighted by Gasteiger charge is -2.34. The Morgan fingerprint density at radius 3 is 2.59 bits per heavy atom. The second-order valence-corrected chi connectivity index (χ2v) is 8.58. The molecule has 1 aliphatic carbocycles. The summed E-state index contributed by atoms with van der Waals surface area (Å²) >= 11 is 0. The number of nitrogens with zero attached hydrogens (tertiary/aromatic N) is 2. The highest BCUT2D eigenvalue weighted by Gasteiger charge is 2.42. The lowest BCUT2D eigenvalue weighted by molar-refractivity contribution is 0.0655. The minimum absolute atomic E-state index is 0.0948. The van der Waals surface area contributed by atoms with Crippen LogP contribution in [0.5, 0.6) is 5.75 Å². The number of halogens is 3. The van der Waals surface area contributed by atoms with Crippen molar-refractivity contribution in [2.75, 3.05) is 13.1 Å². The van der Waals surface area contributed by atoms with E-state index in [2.05, 4.69) is 5.32 Å². The first-order chi connectivity index (χ1) is 15.3. The second kappa shape index (κ2) is 7.39. The van der Waals surface area contributed by atoms with E-state index in [1.807, 2.05) is 0 Å². The van der Waals surface area contributed by atoms with Crippen LogP contribution in [0.3, 0.4) is 0 Å². The number of pyridine rings is 1. The molecule has 1 aromatic heterocycles. The van der Waals surface area contributed by atoms with Crippen molar-refractivity contribution in [3.05, 3.63) is 62.3 Å². The molecule has 3 aliphatic rings. The van der Waals surface area contributed by atoms with Crippen LogP contribution in [-0.4, -0.2) is 39.5 Å². The molecular weight excluding hydrogens is 427 g/mol. The number of carbonyl (C=O) groups is 2. The van der Waals surface area contributed by atoms with E-state index in [0.29, 0.717) is 37.5 Å². The van der Waals surface area contributed by atoms with E-state index in [4.69, 9.17) is 0 Å². The van der Waals surface area contributed by atoms with Gasteiger partial charge < -0.3 is 19.9 Å². The summed E-state index contributed by atoms with van der Waals surface area (Å²) in [6.07, 6.45) is 3.06. The minimum atomic E-state index is -1.65. The van der Waals surface area contributed by atoms with E-state index >= 15 is 0 Å². The van der Waals surface area contributed by atoms with Gasteiger partial charge in [0.25, 0.3) is 11.8 Å². The summed E-state index contributed by atoms with van der Waals surface area (Å²) in [5, 5.41) is 12.9. The number of hydrogen-bond acceptors (Lipinski definition) is 4. The number of rotatable bonds is 5. The molecule has 0 radical (unpaired) electrons. The predicted octanol–water partition coefficient (Wildman–Crippen LogP) is 2.25. The van der Waals surface area contributed by atoms with Gasteiger partial charge in [-0.15, -0.1) is 0 Å². The van der Waals surface area contributed by atoms with Crippen molar-refractivity contribution in [3.8, 4) is 5.75 Å². The summed E-state index contributed by atoms with van der Waals surface area (Å²) in [4.78, 5) is 40.3. The summed E-state index contributed by atoms with van der Waals surface area (Å²) < 4.78 is 42.0. The number of aromatic hydroxyl groups is 1. The van der Waals surface area contributed by atoms with Gasteiger partial charge in [-0.1, -0.05) is 6.07 Å². The molecule has 0 bridgehead atoms. The zero-order valence-corrected chi connectivity index (χ0v) is 17.0. The van der Waals surface area contributed by atoms with Crippen LogP contribution in [0.2, 0.25) is 0 Å². The third-order valence-corrected chi connectivity index (χ3v) is 6.44. The summed E-state index contributed by atoms with van der Waals surface area (Å²) in [6.45, 7) is 0.542. The van der Waals surface area contributed by atoms with Gasteiger partial charge in [-0.05, 0) is 37.7 Å². The standard InChI is InChI=1S/C22H20F3N3O4/c23-13-5-3-11(16(24)17(13)25)7-26-21(31)15-14-6-4-12-9-27(8-10-1-2-10)22(32)18(28(12)14)20(30)19(15)29/h3,5,10,12,30H,1-2,4,6-9H2,(H,26,31). The Hall–Kier alpha value is -3.30. The molecule has 32 heavy (non-hydrogen) atoms. The predicted molar refractivity (Wildman–Crippen MR) is 106 cm³/mol. The van der Waals surface area contributed by atoms with Gasteiger partial charge in [0.05, 0.1) is 6.04 Å². The van der Waals surface area contributed by atoms with E-state index in [1.54, 1.807) is 9.47 Å². The molecule has 5 rings (SSSR count). The van der Waals surface area contributed by atoms with Crippen LogP contribution in [0.1, 0.15) is 57.4 Å². The maximum atomic E-state index is 13.9. The monoisotopic (exact) mass is 447 g/mol. The van der Waals surface area contributed by atoms with Crippen molar-refractivity contribution < 1.29 is 27.9 Å². The van der Waals surface area contributed by atoms with Crippen LogP contribution in [0, 0.1) is 23.4 Å². The average molecular weight is 447 g/mol. The molecule has 2 N–H and O–H groups in total. The SMILES string of the molecule is O=C(NCc1ccc(F)c(F)c1F)c1c2n3c(c(O)c1=O)C(=O)N(CC1CC1)CC3CC2. The quantitative estimate of drug-likeness (QED) is 0.688. The van der Waals surface area contributed by atoms with Crippen molar-refractivity contribution >= 4 is 11.8 Å². The minimum Gasteiger partial charge on any atom is -0.503 e. The van der Waals surface area contributed by atoms with Crippen molar-refractivity contribution in [2.24, 2.45) is 5.92 Å². The van der Waals surface area contributed by atoms with Crippen LogP contribution in [0.15, 0.2) is 16.9 Å². The highest BCUT2D eigenvalue weighted by atomic mass is 19.2. The Balaban J connectivity index is 1.47. The fourth-order valence-electron chi connectivity index (χ4n) is 4.64. The van der Waals surface area contributed by atoms with Crippen molar-refractivity contribution in [3.63, 3.8) is 0 Å². The Morgan fingerprint density at radius 2 is 1.88 bits per heavy atom. The van der Waals surface area contributed by atoms with Crippen LogP contribution in [0.25, 0.3) is 0 Å². The Labute approximate surface area is 180 Å². The normalized spacial score (nSPS) is 19.3. The Morgan fingerprint density at radius 1 is 1.12 bits per heavy atom. The zero-order valence-electron chi connectivity index (χ0n) is 17.0. The number of hydrogen-bond donors (Lipinski definition) is 2. The van der Waals surface area contributed by atoms with E-state index in [9.17, 15) is 32.7 Å². The Bertz CT molecular complexity index is 1220. The molecule has 2 amide bonds. The van der Waals surface area contributed by atoms with E-state index in [-0.39, 0.29) is 22.9 Å². The van der Waals surface area contributed by atoms with Gasteiger partial charge in [0.2, 0.25) is 5.43 Å². The molecule has 1 atom stereocenters. The highest BCUT2D eigenvalue weighted by Crippen LogP contribution is 2.39. The first-order valence-corrected chi connectivity index (χ1v) is 10.5. The van der Waals surface area contributed by atoms with Gasteiger partial charge in [-0.2, -0.15) is 0 Å². The largest absolute Gasteiger partial charge is 0.503 e. The van der Waals surface area contributed by atoms with Crippen LogP contribution in [0.4, 0.5) is 13.2 Å². The van der Waals surface area contributed by atoms with Gasteiger partial charge in [0.15, 0.2) is 28.9 Å². The maximum absolute atomic E-state index is 13.9. The average Bonchev–Trinajstić information content (AvgIpc) is 3.50. The van der Waals surface area contributed by atoms with E-state index in [0.717, 1.165) is 25.0 Å². The van der Waals surface area contributed by atoms with Gasteiger partial charge in [0.1, 0.15) is 5.56 Å². The zero-order chi connectivity index (χ0) is 22.7. The van der Waals surface area contributed by atoms with Crippen LogP contribution >= 0.6 is 0 Å². The number of benzene rings is 1. The fraction of sp³-hybridized carbons (Fsp3) is 0.409. The number of nitrogens with one attached hydrogen (secondary N) is 1. The number of carbonyl (C=O) groups excluding carboxylic acids is 2. The molecule has 1 fully saturated rings. The molecule has 7 nitrogen and oxygen atoms in total. The summed E-state index contributed by atoms with van der Waals surface area (Å²) in [5.74, 6) is -6.08. The molecule has 0 saturated heterocycles. The summed E-state index contributed by atoms with van der Waals surface area (Å²) in [7, 11) is 0. The first kappa shape index (κ1) is 20.6. The van der Waals surface area contributed by atoms with Crippen molar-refractivity contribution in [2.45, 2.75) is 38.3 Å². The molecule has 1 aromatic carbocycles. The van der Waals surface area contributed by atoms with Gasteiger partial charge in [-0.25, -0.2) is 13.2 Å². The molecule has 2 aromatic rings. The van der Waals surface area contributed by atoms with Gasteiger partial charge in [0, 0.05) is 30.9 Å². The van der Waals surface area contributed by atoms with Crippen LogP contribution < -0.4 is 10.7 Å². The van der Waals surface area contributed by atoms with E-state index in [1.165, 1.54) is 0 Å². The smallest absolute Gasteiger partial charge is 0.274 e. The Kier molecular flexibility index (Phi) is 4.75. The maximum Gasteiger partial charge on any atom is 0.274 e. The highest BCUT2D eigenvalue weighted by molar-refractivity contribution is 6.00. The third-order valence-electron chi connectivity index (χ3n) is 6.44. The molecule has 10 heteroatoms. The summed E-state index contributed by atoms with van der Waals surface area (Å²) in [5.41, 5.74) is -1.34. The van der Waals surface area contributed by atoms with Crippen molar-refractivity contribution in [1.82, 2.24) is 14.8 Å². The molecule has 3 heterocycles. The topological polar surface area (TPSA) is 91.6 Å². The van der Waals surface area contributed by atoms with Crippen molar-refractivity contribution in [1.29, 1.82) is 0 Å². The molecule has 168 valence electrons. The fourth-order valence-corrected chi connectivity index (χ4v) is 4.64. The molecule has 0 spiro atoms. The second-order valence-electron chi connectivity index (χ2n) is 8.58. The lowest BCUT2D eigenvalue weighted by Crippen LogP contribution is -2.45. The summed E-state index contributed by atoms with van der Waals surface area (Å²) in [6, 6.07) is 1.58. The molecular formula is C22H20F3N3O4. The van der Waals surface area contributed by atoms with Gasteiger partial charge in [-0.3, -0.25) is 14.4 Å². The number of amides is 2. The molecule has 2 aliphatic heterocycles. The first-order valence-electron chi connectivity index (χ1n) is 10.5. The molecule has 1 saturated carbocycles. The number of aromatic nitrogens is 1.